The molecule has 1 aromatic carbocycles. The number of carboxylic acids is 1. The predicted octanol–water partition coefficient (Wildman–Crippen LogP) is 0.811. The van der Waals surface area contributed by atoms with E-state index in [0.29, 0.717) is 5.56 Å². The molecule has 6 heteroatoms. The molecular weight excluding hydrogens is 242 g/mol. The summed E-state index contributed by atoms with van der Waals surface area (Å²) in [5.74, 6) is -1.70. The molecule has 1 aromatic rings. The van der Waals surface area contributed by atoms with Crippen LogP contribution in [0.3, 0.4) is 0 Å². The van der Waals surface area contributed by atoms with E-state index in [-0.39, 0.29) is 4.90 Å². The van der Waals surface area contributed by atoms with Gasteiger partial charge in [-0.2, -0.15) is 0 Å². The van der Waals surface area contributed by atoms with Crippen LogP contribution in [0.15, 0.2) is 29.2 Å². The van der Waals surface area contributed by atoms with E-state index in [0.717, 1.165) is 6.26 Å². The summed E-state index contributed by atoms with van der Waals surface area (Å²) in [4.78, 5) is 11.0. The van der Waals surface area contributed by atoms with Crippen LogP contribution < -0.4 is 5.73 Å². The summed E-state index contributed by atoms with van der Waals surface area (Å²) in [6.45, 7) is 1.51. The summed E-state index contributed by atoms with van der Waals surface area (Å²) in [5, 5.41) is 8.82. The zero-order valence-electron chi connectivity index (χ0n) is 9.62. The van der Waals surface area contributed by atoms with Crippen molar-refractivity contribution in [2.24, 2.45) is 11.7 Å². The molecule has 0 radical (unpaired) electrons. The summed E-state index contributed by atoms with van der Waals surface area (Å²) < 4.78 is 22.5. The van der Waals surface area contributed by atoms with Crippen molar-refractivity contribution < 1.29 is 18.3 Å². The molecule has 0 heterocycles. The van der Waals surface area contributed by atoms with Gasteiger partial charge in [-0.3, -0.25) is 4.79 Å². The van der Waals surface area contributed by atoms with Crippen molar-refractivity contribution in [3.8, 4) is 0 Å². The van der Waals surface area contributed by atoms with Gasteiger partial charge in [0.1, 0.15) is 0 Å². The first kappa shape index (κ1) is 13.7. The molecule has 3 N–H and O–H groups in total. The number of hydrogen-bond donors (Lipinski definition) is 2. The van der Waals surface area contributed by atoms with Crippen molar-refractivity contribution in [2.45, 2.75) is 17.9 Å². The predicted molar refractivity (Wildman–Crippen MR) is 63.3 cm³/mol. The van der Waals surface area contributed by atoms with E-state index < -0.39 is 27.8 Å². The zero-order valence-corrected chi connectivity index (χ0v) is 10.4. The molecule has 0 amide bonds. The molecule has 0 saturated heterocycles. The highest BCUT2D eigenvalue weighted by Crippen LogP contribution is 2.21. The molecule has 2 atom stereocenters. The van der Waals surface area contributed by atoms with Gasteiger partial charge in [0.05, 0.1) is 10.8 Å². The second-order valence-electron chi connectivity index (χ2n) is 3.99. The Labute approximate surface area is 100 Å². The number of aliphatic carboxylic acids is 1. The molecule has 5 nitrogen and oxygen atoms in total. The number of rotatable bonds is 4. The summed E-state index contributed by atoms with van der Waals surface area (Å²) >= 11 is 0. The quantitative estimate of drug-likeness (QED) is 0.831. The Hall–Kier alpha value is -1.40. The second-order valence-corrected chi connectivity index (χ2v) is 6.01. The molecular formula is C11H15NO4S. The highest BCUT2D eigenvalue weighted by Gasteiger charge is 2.21. The first-order chi connectivity index (χ1) is 7.73. The average Bonchev–Trinajstić information content (AvgIpc) is 2.26. The van der Waals surface area contributed by atoms with Gasteiger partial charge in [-0.15, -0.1) is 0 Å². The molecule has 2 unspecified atom stereocenters. The average molecular weight is 257 g/mol. The first-order valence-electron chi connectivity index (χ1n) is 5.02. The lowest BCUT2D eigenvalue weighted by Gasteiger charge is -2.16. The maximum absolute atomic E-state index is 11.2. The van der Waals surface area contributed by atoms with Crippen molar-refractivity contribution >= 4 is 15.8 Å². The number of carboxylic acid groups (broad SMARTS) is 1. The molecule has 0 aliphatic carbocycles. The van der Waals surface area contributed by atoms with Gasteiger partial charge in [0.15, 0.2) is 9.84 Å². The molecule has 0 aliphatic rings. The van der Waals surface area contributed by atoms with Crippen LogP contribution in [0.25, 0.3) is 0 Å². The van der Waals surface area contributed by atoms with Crippen molar-refractivity contribution in [1.29, 1.82) is 0 Å². The Kier molecular flexibility index (Phi) is 3.90. The topological polar surface area (TPSA) is 97.5 Å². The molecule has 94 valence electrons. The zero-order chi connectivity index (χ0) is 13.2. The maximum atomic E-state index is 11.2. The van der Waals surface area contributed by atoms with Crippen molar-refractivity contribution in [1.82, 2.24) is 0 Å². The molecule has 0 aromatic heterocycles. The summed E-state index contributed by atoms with van der Waals surface area (Å²) in [5.41, 5.74) is 6.37. The maximum Gasteiger partial charge on any atom is 0.308 e. The minimum atomic E-state index is -3.24. The van der Waals surface area contributed by atoms with Crippen LogP contribution in [0.1, 0.15) is 18.5 Å². The smallest absolute Gasteiger partial charge is 0.308 e. The molecule has 1 rings (SSSR count). The van der Waals surface area contributed by atoms with E-state index >= 15 is 0 Å². The van der Waals surface area contributed by atoms with Crippen LogP contribution >= 0.6 is 0 Å². The van der Waals surface area contributed by atoms with Crippen LogP contribution in [0.2, 0.25) is 0 Å². The Morgan fingerprint density at radius 3 is 2.12 bits per heavy atom. The van der Waals surface area contributed by atoms with Crippen LogP contribution in [0.4, 0.5) is 0 Å². The Morgan fingerprint density at radius 1 is 1.29 bits per heavy atom. The van der Waals surface area contributed by atoms with E-state index in [1.807, 2.05) is 0 Å². The second kappa shape index (κ2) is 4.85. The lowest BCUT2D eigenvalue weighted by atomic mass is 9.96. The fourth-order valence-electron chi connectivity index (χ4n) is 1.38. The monoisotopic (exact) mass is 257 g/mol. The van der Waals surface area contributed by atoms with Gasteiger partial charge < -0.3 is 10.8 Å². The highest BCUT2D eigenvalue weighted by atomic mass is 32.2. The minimum absolute atomic E-state index is 0.191. The fourth-order valence-corrected chi connectivity index (χ4v) is 2.01. The minimum Gasteiger partial charge on any atom is -0.481 e. The van der Waals surface area contributed by atoms with Gasteiger partial charge in [0.25, 0.3) is 0 Å². The molecule has 0 fully saturated rings. The van der Waals surface area contributed by atoms with E-state index in [4.69, 9.17) is 10.8 Å². The number of carbonyl (C=O) groups is 1. The molecule has 0 spiro atoms. The van der Waals surface area contributed by atoms with E-state index in [9.17, 15) is 13.2 Å². The standard InChI is InChI=1S/C11H15NO4S/c1-7(11(13)14)10(12)8-3-5-9(6-4-8)17(2,15)16/h3-7,10H,12H2,1-2H3,(H,13,14). The van der Waals surface area contributed by atoms with E-state index in [2.05, 4.69) is 0 Å². The number of nitrogens with two attached hydrogens (primary N) is 1. The Bertz CT molecular complexity index is 507. The highest BCUT2D eigenvalue weighted by molar-refractivity contribution is 7.90. The van der Waals surface area contributed by atoms with Crippen molar-refractivity contribution in [3.63, 3.8) is 0 Å². The third-order valence-corrected chi connectivity index (χ3v) is 3.75. The normalized spacial score (nSPS) is 15.2. The molecule has 0 aliphatic heterocycles. The van der Waals surface area contributed by atoms with Crippen LogP contribution in [0, 0.1) is 5.92 Å². The van der Waals surface area contributed by atoms with Gasteiger partial charge in [0.2, 0.25) is 0 Å². The molecule has 17 heavy (non-hydrogen) atoms. The molecule has 0 saturated carbocycles. The summed E-state index contributed by atoms with van der Waals surface area (Å²) in [7, 11) is -3.24. The Balaban J connectivity index is 2.99. The largest absolute Gasteiger partial charge is 0.481 e. The van der Waals surface area contributed by atoms with Gasteiger partial charge in [-0.05, 0) is 17.7 Å². The third kappa shape index (κ3) is 3.28. The van der Waals surface area contributed by atoms with Crippen LogP contribution in [0.5, 0.6) is 0 Å². The SMILES string of the molecule is CC(C(=O)O)C(N)c1ccc(S(C)(=O)=O)cc1. The number of benzene rings is 1. The summed E-state index contributed by atoms with van der Waals surface area (Å²) in [6.07, 6.45) is 1.11. The third-order valence-electron chi connectivity index (χ3n) is 2.62. The first-order valence-corrected chi connectivity index (χ1v) is 6.91. The van der Waals surface area contributed by atoms with Gasteiger partial charge in [-0.1, -0.05) is 19.1 Å². The molecule has 0 bridgehead atoms. The van der Waals surface area contributed by atoms with E-state index in [1.165, 1.54) is 19.1 Å². The number of sulfone groups is 1. The lowest BCUT2D eigenvalue weighted by Crippen LogP contribution is -2.25. The van der Waals surface area contributed by atoms with Gasteiger partial charge in [0, 0.05) is 12.3 Å². The van der Waals surface area contributed by atoms with E-state index in [1.54, 1.807) is 12.1 Å². The number of hydrogen-bond acceptors (Lipinski definition) is 4. The summed E-state index contributed by atoms with van der Waals surface area (Å²) in [6, 6.07) is 5.29. The van der Waals surface area contributed by atoms with Crippen LogP contribution in [-0.4, -0.2) is 25.7 Å². The van der Waals surface area contributed by atoms with Crippen molar-refractivity contribution in [2.75, 3.05) is 6.26 Å². The van der Waals surface area contributed by atoms with Gasteiger partial charge >= 0.3 is 5.97 Å². The van der Waals surface area contributed by atoms with Crippen LogP contribution in [-0.2, 0) is 14.6 Å². The fraction of sp³-hybridized carbons (Fsp3) is 0.364. The van der Waals surface area contributed by atoms with Crippen molar-refractivity contribution in [3.05, 3.63) is 29.8 Å². The lowest BCUT2D eigenvalue weighted by molar-refractivity contribution is -0.141. The Morgan fingerprint density at radius 2 is 1.76 bits per heavy atom. The van der Waals surface area contributed by atoms with Gasteiger partial charge in [-0.25, -0.2) is 8.42 Å².